The van der Waals surface area contributed by atoms with Gasteiger partial charge in [0.15, 0.2) is 6.29 Å². The summed E-state index contributed by atoms with van der Waals surface area (Å²) in [5.41, 5.74) is 2.68. The third-order valence-electron chi connectivity index (χ3n) is 4.67. The fourth-order valence-corrected chi connectivity index (χ4v) is 3.39. The van der Waals surface area contributed by atoms with E-state index in [1.54, 1.807) is 0 Å². The molecule has 2 aromatic rings. The largest absolute Gasteiger partial charge is 0.296 e. The molecule has 0 radical (unpaired) electrons. The summed E-state index contributed by atoms with van der Waals surface area (Å²) in [6.45, 7) is 0.682. The van der Waals surface area contributed by atoms with Gasteiger partial charge in [0.25, 0.3) is 0 Å². The predicted molar refractivity (Wildman–Crippen MR) is 85.8 cm³/mol. The molecule has 3 rings (SSSR count). The fraction of sp³-hybridized carbons (Fsp3) is 0.500. The van der Waals surface area contributed by atoms with Gasteiger partial charge in [0.2, 0.25) is 0 Å². The summed E-state index contributed by atoms with van der Waals surface area (Å²) in [6, 6.07) is 10.2. The molecule has 4 nitrogen and oxygen atoms in total. The van der Waals surface area contributed by atoms with E-state index in [9.17, 15) is 4.79 Å². The van der Waals surface area contributed by atoms with E-state index in [1.165, 1.54) is 37.7 Å². The lowest BCUT2D eigenvalue weighted by Gasteiger charge is -2.21. The van der Waals surface area contributed by atoms with Crippen LogP contribution in [0.5, 0.6) is 0 Å². The number of aromatic nitrogens is 3. The van der Waals surface area contributed by atoms with Crippen LogP contribution in [-0.4, -0.2) is 21.3 Å². The van der Waals surface area contributed by atoms with Crippen LogP contribution in [0.4, 0.5) is 0 Å². The summed E-state index contributed by atoms with van der Waals surface area (Å²) in [5.74, 6) is 0.799. The Bertz CT molecular complexity index is 600. The Labute approximate surface area is 131 Å². The molecule has 116 valence electrons. The molecule has 0 N–H and O–H groups in total. The zero-order valence-electron chi connectivity index (χ0n) is 12.9. The molecule has 1 aliphatic rings. The molecule has 0 atom stereocenters. The molecule has 0 amide bonds. The topological polar surface area (TPSA) is 47.8 Å². The fourth-order valence-electron chi connectivity index (χ4n) is 3.39. The zero-order valence-corrected chi connectivity index (χ0v) is 12.9. The lowest BCUT2D eigenvalue weighted by atomic mass is 9.85. The van der Waals surface area contributed by atoms with Crippen molar-refractivity contribution in [2.24, 2.45) is 5.92 Å². The highest BCUT2D eigenvalue weighted by atomic mass is 16.1. The monoisotopic (exact) mass is 297 g/mol. The first-order valence-electron chi connectivity index (χ1n) is 8.28. The standard InChI is InChI=1S/C18H23N3O/c22-14-17-18(12-11-15-7-3-1-4-8-15)21(20-19-17)13-16-9-5-2-6-10-16/h2,5-6,9-10,14-15H,1,3-4,7-8,11-13H2. The van der Waals surface area contributed by atoms with E-state index >= 15 is 0 Å². The summed E-state index contributed by atoms with van der Waals surface area (Å²) < 4.78 is 1.89. The van der Waals surface area contributed by atoms with Gasteiger partial charge in [0, 0.05) is 0 Å². The SMILES string of the molecule is O=Cc1nnn(Cc2ccccc2)c1CCC1CCCCC1. The van der Waals surface area contributed by atoms with Crippen molar-refractivity contribution in [1.29, 1.82) is 0 Å². The van der Waals surface area contributed by atoms with Crippen LogP contribution in [-0.2, 0) is 13.0 Å². The van der Waals surface area contributed by atoms with Crippen molar-refractivity contribution in [3.63, 3.8) is 0 Å². The van der Waals surface area contributed by atoms with Crippen LogP contribution in [0.1, 0.15) is 60.3 Å². The second-order valence-corrected chi connectivity index (χ2v) is 6.23. The Morgan fingerprint density at radius 1 is 1.14 bits per heavy atom. The van der Waals surface area contributed by atoms with Gasteiger partial charge >= 0.3 is 0 Å². The smallest absolute Gasteiger partial charge is 0.172 e. The van der Waals surface area contributed by atoms with Crippen LogP contribution >= 0.6 is 0 Å². The number of rotatable bonds is 6. The number of carbonyl (C=O) groups excluding carboxylic acids is 1. The molecule has 1 aliphatic carbocycles. The van der Waals surface area contributed by atoms with Gasteiger partial charge in [0.1, 0.15) is 5.69 Å². The highest BCUT2D eigenvalue weighted by Gasteiger charge is 2.17. The van der Waals surface area contributed by atoms with Crippen LogP contribution in [0.3, 0.4) is 0 Å². The normalized spacial score (nSPS) is 15.8. The minimum absolute atomic E-state index is 0.506. The quantitative estimate of drug-likeness (QED) is 0.765. The number of hydrogen-bond acceptors (Lipinski definition) is 3. The summed E-state index contributed by atoms with van der Waals surface area (Å²) >= 11 is 0. The molecule has 1 aromatic heterocycles. The summed E-state index contributed by atoms with van der Waals surface area (Å²) in [6.07, 6.45) is 9.63. The van der Waals surface area contributed by atoms with Gasteiger partial charge in [-0.3, -0.25) is 4.79 Å². The molecular weight excluding hydrogens is 274 g/mol. The Morgan fingerprint density at radius 2 is 1.91 bits per heavy atom. The Morgan fingerprint density at radius 3 is 2.64 bits per heavy atom. The summed E-state index contributed by atoms with van der Waals surface area (Å²) in [7, 11) is 0. The highest BCUT2D eigenvalue weighted by Crippen LogP contribution is 2.27. The summed E-state index contributed by atoms with van der Waals surface area (Å²) in [4.78, 5) is 11.2. The molecule has 0 saturated heterocycles. The van der Waals surface area contributed by atoms with Gasteiger partial charge in [0.05, 0.1) is 12.2 Å². The third kappa shape index (κ3) is 3.62. The minimum atomic E-state index is 0.506. The van der Waals surface area contributed by atoms with E-state index in [0.29, 0.717) is 12.2 Å². The van der Waals surface area contributed by atoms with E-state index < -0.39 is 0 Å². The first kappa shape index (κ1) is 14.9. The number of benzene rings is 1. The first-order chi connectivity index (χ1) is 10.9. The van der Waals surface area contributed by atoms with E-state index in [4.69, 9.17) is 0 Å². The molecular formula is C18H23N3O. The van der Waals surface area contributed by atoms with Crippen LogP contribution < -0.4 is 0 Å². The number of carbonyl (C=O) groups is 1. The minimum Gasteiger partial charge on any atom is -0.296 e. The van der Waals surface area contributed by atoms with Crippen LogP contribution in [0.25, 0.3) is 0 Å². The molecule has 0 unspecified atom stereocenters. The Kier molecular flexibility index (Phi) is 4.99. The van der Waals surface area contributed by atoms with Crippen molar-refractivity contribution < 1.29 is 4.79 Å². The average Bonchev–Trinajstić information content (AvgIpc) is 2.96. The van der Waals surface area contributed by atoms with Crippen molar-refractivity contribution in [1.82, 2.24) is 15.0 Å². The van der Waals surface area contributed by atoms with E-state index in [2.05, 4.69) is 22.4 Å². The molecule has 0 spiro atoms. The molecule has 1 saturated carbocycles. The highest BCUT2D eigenvalue weighted by molar-refractivity contribution is 5.73. The first-order valence-corrected chi connectivity index (χ1v) is 8.28. The molecule has 22 heavy (non-hydrogen) atoms. The van der Waals surface area contributed by atoms with Crippen LogP contribution in [0, 0.1) is 5.92 Å². The second kappa shape index (κ2) is 7.34. The second-order valence-electron chi connectivity index (χ2n) is 6.23. The number of aldehydes is 1. The summed E-state index contributed by atoms with van der Waals surface area (Å²) in [5, 5.41) is 8.22. The van der Waals surface area contributed by atoms with Gasteiger partial charge in [-0.2, -0.15) is 0 Å². The van der Waals surface area contributed by atoms with Gasteiger partial charge in [-0.15, -0.1) is 5.10 Å². The van der Waals surface area contributed by atoms with Gasteiger partial charge in [-0.05, 0) is 24.3 Å². The van der Waals surface area contributed by atoms with Crippen LogP contribution in [0.2, 0.25) is 0 Å². The van der Waals surface area contributed by atoms with Gasteiger partial charge < -0.3 is 0 Å². The maximum absolute atomic E-state index is 11.2. The lowest BCUT2D eigenvalue weighted by Crippen LogP contribution is -2.12. The zero-order chi connectivity index (χ0) is 15.2. The third-order valence-corrected chi connectivity index (χ3v) is 4.67. The molecule has 1 heterocycles. The van der Waals surface area contributed by atoms with Crippen molar-refractivity contribution >= 4 is 6.29 Å². The Hall–Kier alpha value is -1.97. The molecule has 0 bridgehead atoms. The molecule has 1 aromatic carbocycles. The maximum Gasteiger partial charge on any atom is 0.172 e. The molecule has 1 fully saturated rings. The van der Waals surface area contributed by atoms with Crippen molar-refractivity contribution in [2.45, 2.75) is 51.5 Å². The Balaban J connectivity index is 1.70. The van der Waals surface area contributed by atoms with E-state index in [0.717, 1.165) is 30.7 Å². The lowest BCUT2D eigenvalue weighted by molar-refractivity contribution is 0.111. The van der Waals surface area contributed by atoms with E-state index in [1.807, 2.05) is 22.9 Å². The van der Waals surface area contributed by atoms with Crippen molar-refractivity contribution in [3.05, 3.63) is 47.3 Å². The predicted octanol–water partition coefficient (Wildman–Crippen LogP) is 3.65. The van der Waals surface area contributed by atoms with Crippen molar-refractivity contribution in [3.8, 4) is 0 Å². The van der Waals surface area contributed by atoms with Gasteiger partial charge in [-0.1, -0.05) is 67.6 Å². The molecule has 0 aliphatic heterocycles. The average molecular weight is 297 g/mol. The number of hydrogen-bond donors (Lipinski definition) is 0. The van der Waals surface area contributed by atoms with Crippen LogP contribution in [0.15, 0.2) is 30.3 Å². The van der Waals surface area contributed by atoms with Gasteiger partial charge in [-0.25, -0.2) is 4.68 Å². The van der Waals surface area contributed by atoms with E-state index in [-0.39, 0.29) is 0 Å². The van der Waals surface area contributed by atoms with Crippen molar-refractivity contribution in [2.75, 3.05) is 0 Å². The number of nitrogens with zero attached hydrogens (tertiary/aromatic N) is 3. The maximum atomic E-state index is 11.2. The molecule has 4 heteroatoms.